The topological polar surface area (TPSA) is 61.8 Å². The Morgan fingerprint density at radius 1 is 1.17 bits per heavy atom. The Kier molecular flexibility index (Phi) is 3.54. The van der Waals surface area contributed by atoms with Gasteiger partial charge in [-0.25, -0.2) is 0 Å². The molecule has 0 spiro atoms. The molecule has 2 aromatic carbocycles. The highest BCUT2D eigenvalue weighted by Gasteiger charge is 2.04. The van der Waals surface area contributed by atoms with E-state index in [0.717, 1.165) is 27.1 Å². The van der Waals surface area contributed by atoms with E-state index in [1.165, 1.54) is 0 Å². The lowest BCUT2D eigenvalue weighted by Gasteiger charge is -2.11. The molecule has 0 unspecified atom stereocenters. The molecule has 3 N–H and O–H groups in total. The van der Waals surface area contributed by atoms with Crippen LogP contribution in [-0.4, -0.2) is 0 Å². The first kappa shape index (κ1) is 12.5. The minimum absolute atomic E-state index is 0.626. The molecule has 4 heteroatoms. The minimum Gasteiger partial charge on any atom is -0.399 e. The van der Waals surface area contributed by atoms with Gasteiger partial charge in [-0.1, -0.05) is 0 Å². The van der Waals surface area contributed by atoms with Gasteiger partial charge in [-0.3, -0.25) is 0 Å². The van der Waals surface area contributed by atoms with Gasteiger partial charge < -0.3 is 11.1 Å². The fourth-order valence-corrected chi connectivity index (χ4v) is 2.14. The summed E-state index contributed by atoms with van der Waals surface area (Å²) in [5, 5.41) is 12.1. The number of nitrogens with one attached hydrogen (secondary N) is 1. The highest BCUT2D eigenvalue weighted by atomic mass is 79.9. The molecule has 0 heterocycles. The number of aryl methyl sites for hydroxylation is 1. The van der Waals surface area contributed by atoms with E-state index >= 15 is 0 Å². The summed E-state index contributed by atoms with van der Waals surface area (Å²) >= 11 is 3.45. The van der Waals surface area contributed by atoms with Crippen molar-refractivity contribution in [3.05, 3.63) is 52.0 Å². The fraction of sp³-hybridized carbons (Fsp3) is 0.0714. The number of halogens is 1. The van der Waals surface area contributed by atoms with Gasteiger partial charge in [0.2, 0.25) is 0 Å². The zero-order chi connectivity index (χ0) is 13.1. The molecule has 0 amide bonds. The van der Waals surface area contributed by atoms with E-state index in [-0.39, 0.29) is 0 Å². The quantitative estimate of drug-likeness (QED) is 0.826. The van der Waals surface area contributed by atoms with E-state index in [0.29, 0.717) is 5.56 Å². The lowest BCUT2D eigenvalue weighted by molar-refractivity contribution is 1.41. The molecule has 2 aromatic rings. The maximum absolute atomic E-state index is 8.81. The zero-order valence-electron chi connectivity index (χ0n) is 9.87. The first-order valence-corrected chi connectivity index (χ1v) is 6.22. The fourth-order valence-electron chi connectivity index (χ4n) is 1.66. The smallest absolute Gasteiger partial charge is 0.0992 e. The van der Waals surface area contributed by atoms with Crippen molar-refractivity contribution in [3.63, 3.8) is 0 Å². The van der Waals surface area contributed by atoms with Crippen molar-refractivity contribution in [2.24, 2.45) is 0 Å². The minimum atomic E-state index is 0.626. The first-order chi connectivity index (χ1) is 8.60. The zero-order valence-corrected chi connectivity index (χ0v) is 11.5. The van der Waals surface area contributed by atoms with Gasteiger partial charge in [0.1, 0.15) is 0 Å². The van der Waals surface area contributed by atoms with Crippen molar-refractivity contribution in [1.29, 1.82) is 5.26 Å². The SMILES string of the molecule is Cc1cc(N)ccc1Nc1ccc(C#N)cc1Br. The molecule has 0 saturated heterocycles. The van der Waals surface area contributed by atoms with E-state index < -0.39 is 0 Å². The van der Waals surface area contributed by atoms with Crippen LogP contribution in [0.2, 0.25) is 0 Å². The van der Waals surface area contributed by atoms with Crippen molar-refractivity contribution in [2.75, 3.05) is 11.1 Å². The standard InChI is InChI=1S/C14H12BrN3/c1-9-6-11(17)3-5-13(9)18-14-4-2-10(8-16)7-12(14)15/h2-7,18H,17H2,1H3. The second kappa shape index (κ2) is 5.11. The van der Waals surface area contributed by atoms with Gasteiger partial charge in [0.05, 0.1) is 17.3 Å². The third-order valence-corrected chi connectivity index (χ3v) is 3.27. The largest absolute Gasteiger partial charge is 0.399 e. The lowest BCUT2D eigenvalue weighted by Crippen LogP contribution is -1.95. The third-order valence-electron chi connectivity index (χ3n) is 2.62. The van der Waals surface area contributed by atoms with Crippen molar-refractivity contribution in [2.45, 2.75) is 6.92 Å². The van der Waals surface area contributed by atoms with E-state index in [2.05, 4.69) is 27.3 Å². The molecule has 0 bridgehead atoms. The van der Waals surface area contributed by atoms with Crippen LogP contribution in [0, 0.1) is 18.3 Å². The van der Waals surface area contributed by atoms with Crippen LogP contribution in [0.5, 0.6) is 0 Å². The average Bonchev–Trinajstić information content (AvgIpc) is 2.34. The van der Waals surface area contributed by atoms with Crippen LogP contribution in [-0.2, 0) is 0 Å². The first-order valence-electron chi connectivity index (χ1n) is 5.43. The molecule has 18 heavy (non-hydrogen) atoms. The highest BCUT2D eigenvalue weighted by molar-refractivity contribution is 9.10. The van der Waals surface area contributed by atoms with E-state index in [1.807, 2.05) is 31.2 Å². The summed E-state index contributed by atoms with van der Waals surface area (Å²) in [5.74, 6) is 0. The van der Waals surface area contributed by atoms with E-state index in [4.69, 9.17) is 11.0 Å². The van der Waals surface area contributed by atoms with Gasteiger partial charge in [-0.05, 0) is 64.8 Å². The van der Waals surface area contributed by atoms with Crippen LogP contribution in [0.25, 0.3) is 0 Å². The summed E-state index contributed by atoms with van der Waals surface area (Å²) in [6.45, 7) is 2.00. The number of nitrogen functional groups attached to an aromatic ring is 1. The van der Waals surface area contributed by atoms with Crippen molar-refractivity contribution < 1.29 is 0 Å². The lowest BCUT2D eigenvalue weighted by atomic mass is 10.1. The molecule has 0 saturated carbocycles. The molecule has 0 fully saturated rings. The third kappa shape index (κ3) is 2.63. The number of hydrogen-bond donors (Lipinski definition) is 2. The Hall–Kier alpha value is -1.99. The summed E-state index contributed by atoms with van der Waals surface area (Å²) in [5.41, 5.74) is 10.1. The van der Waals surface area contributed by atoms with Gasteiger partial charge in [0, 0.05) is 15.8 Å². The molecule has 3 nitrogen and oxygen atoms in total. The maximum atomic E-state index is 8.81. The normalized spacial score (nSPS) is 9.83. The number of nitriles is 1. The molecular weight excluding hydrogens is 290 g/mol. The number of rotatable bonds is 2. The van der Waals surface area contributed by atoms with Crippen molar-refractivity contribution in [3.8, 4) is 6.07 Å². The van der Waals surface area contributed by atoms with E-state index in [1.54, 1.807) is 12.1 Å². The Balaban J connectivity index is 2.32. The summed E-state index contributed by atoms with van der Waals surface area (Å²) in [7, 11) is 0. The Morgan fingerprint density at radius 3 is 2.50 bits per heavy atom. The molecule has 0 aliphatic carbocycles. The summed E-state index contributed by atoms with van der Waals surface area (Å²) in [6.07, 6.45) is 0. The molecular formula is C14H12BrN3. The molecule has 0 aliphatic heterocycles. The number of nitrogens with zero attached hydrogens (tertiary/aromatic N) is 1. The van der Waals surface area contributed by atoms with Crippen molar-refractivity contribution >= 4 is 33.0 Å². The van der Waals surface area contributed by atoms with Crippen LogP contribution in [0.1, 0.15) is 11.1 Å². The van der Waals surface area contributed by atoms with Gasteiger partial charge >= 0.3 is 0 Å². The van der Waals surface area contributed by atoms with Gasteiger partial charge in [0.25, 0.3) is 0 Å². The molecule has 0 aliphatic rings. The number of hydrogen-bond acceptors (Lipinski definition) is 3. The summed E-state index contributed by atoms with van der Waals surface area (Å²) < 4.78 is 0.859. The Bertz CT molecular complexity index is 629. The van der Waals surface area contributed by atoms with Gasteiger partial charge in [0.15, 0.2) is 0 Å². The molecule has 90 valence electrons. The monoisotopic (exact) mass is 301 g/mol. The highest BCUT2D eigenvalue weighted by Crippen LogP contribution is 2.28. The maximum Gasteiger partial charge on any atom is 0.0992 e. The van der Waals surface area contributed by atoms with Gasteiger partial charge in [-0.15, -0.1) is 0 Å². The van der Waals surface area contributed by atoms with Crippen LogP contribution >= 0.6 is 15.9 Å². The summed E-state index contributed by atoms with van der Waals surface area (Å²) in [6, 6.07) is 13.3. The van der Waals surface area contributed by atoms with E-state index in [9.17, 15) is 0 Å². The van der Waals surface area contributed by atoms with Crippen LogP contribution < -0.4 is 11.1 Å². The number of anilines is 3. The average molecular weight is 302 g/mol. The molecule has 0 aromatic heterocycles. The molecule has 0 atom stereocenters. The van der Waals surface area contributed by atoms with Crippen LogP contribution in [0.3, 0.4) is 0 Å². The Labute approximate surface area is 114 Å². The molecule has 2 rings (SSSR count). The number of benzene rings is 2. The predicted molar refractivity (Wildman–Crippen MR) is 77.7 cm³/mol. The Morgan fingerprint density at radius 2 is 1.89 bits per heavy atom. The van der Waals surface area contributed by atoms with Crippen LogP contribution in [0.4, 0.5) is 17.1 Å². The van der Waals surface area contributed by atoms with Crippen molar-refractivity contribution in [1.82, 2.24) is 0 Å². The second-order valence-corrected chi connectivity index (χ2v) is 4.86. The summed E-state index contributed by atoms with van der Waals surface area (Å²) in [4.78, 5) is 0. The predicted octanol–water partition coefficient (Wildman–Crippen LogP) is 3.96. The molecule has 0 radical (unpaired) electrons. The van der Waals surface area contributed by atoms with Crippen LogP contribution in [0.15, 0.2) is 40.9 Å². The second-order valence-electron chi connectivity index (χ2n) is 4.01. The number of nitrogens with two attached hydrogens (primary N) is 1. The van der Waals surface area contributed by atoms with Gasteiger partial charge in [-0.2, -0.15) is 5.26 Å².